The van der Waals surface area contributed by atoms with Gasteiger partial charge in [0.25, 0.3) is 0 Å². The molecule has 0 aliphatic carbocycles. The molecule has 12 heavy (non-hydrogen) atoms. The zero-order chi connectivity index (χ0) is 8.65. The van der Waals surface area contributed by atoms with Crippen LogP contribution in [0, 0.1) is 0 Å². The van der Waals surface area contributed by atoms with E-state index in [1.807, 2.05) is 0 Å². The van der Waals surface area contributed by atoms with Crippen LogP contribution in [-0.2, 0) is 14.2 Å². The molecule has 0 aromatic rings. The maximum Gasteiger partial charge on any atom is 0.157 e. The molecule has 0 aromatic heterocycles. The van der Waals surface area contributed by atoms with Crippen molar-refractivity contribution in [1.82, 2.24) is 0 Å². The van der Waals surface area contributed by atoms with Crippen LogP contribution in [0.25, 0.3) is 0 Å². The predicted molar refractivity (Wildman–Crippen MR) is 42.8 cm³/mol. The highest BCUT2D eigenvalue weighted by molar-refractivity contribution is 4.53. The standard InChI is InChI=1S/C8H16O4/c9-3-5-10-6-7-12-8-2-1-4-11-8/h8-9H,1-7H2. The minimum atomic E-state index is -0.0253. The molecule has 4 nitrogen and oxygen atoms in total. The Morgan fingerprint density at radius 1 is 1.33 bits per heavy atom. The van der Waals surface area contributed by atoms with Crippen LogP contribution >= 0.6 is 0 Å². The van der Waals surface area contributed by atoms with Gasteiger partial charge in [-0.05, 0) is 6.42 Å². The second kappa shape index (κ2) is 6.37. The first-order chi connectivity index (χ1) is 5.93. The molecular formula is C8H16O4. The molecule has 0 saturated carbocycles. The minimum Gasteiger partial charge on any atom is -0.394 e. The first-order valence-electron chi connectivity index (χ1n) is 4.35. The van der Waals surface area contributed by atoms with Crippen molar-refractivity contribution >= 4 is 0 Å². The van der Waals surface area contributed by atoms with Crippen LogP contribution in [0.4, 0.5) is 0 Å². The Kier molecular flexibility index (Phi) is 5.27. The summed E-state index contributed by atoms with van der Waals surface area (Å²) in [7, 11) is 0. The van der Waals surface area contributed by atoms with E-state index in [0.29, 0.717) is 19.8 Å². The molecule has 1 heterocycles. The van der Waals surface area contributed by atoms with Crippen molar-refractivity contribution in [2.45, 2.75) is 19.1 Å². The monoisotopic (exact) mass is 176 g/mol. The van der Waals surface area contributed by atoms with Gasteiger partial charge >= 0.3 is 0 Å². The van der Waals surface area contributed by atoms with Crippen LogP contribution < -0.4 is 0 Å². The normalized spacial score (nSPS) is 23.2. The van der Waals surface area contributed by atoms with E-state index in [1.54, 1.807) is 0 Å². The maximum absolute atomic E-state index is 8.39. The van der Waals surface area contributed by atoms with Crippen LogP contribution in [0.2, 0.25) is 0 Å². The Balaban J connectivity index is 1.81. The van der Waals surface area contributed by atoms with Gasteiger partial charge in [-0.2, -0.15) is 0 Å². The average Bonchev–Trinajstić information content (AvgIpc) is 2.57. The van der Waals surface area contributed by atoms with Gasteiger partial charge in [-0.1, -0.05) is 0 Å². The zero-order valence-electron chi connectivity index (χ0n) is 7.20. The molecule has 0 spiro atoms. The average molecular weight is 176 g/mol. The van der Waals surface area contributed by atoms with Crippen molar-refractivity contribution in [3.05, 3.63) is 0 Å². The van der Waals surface area contributed by atoms with E-state index in [-0.39, 0.29) is 12.9 Å². The number of aliphatic hydroxyl groups excluding tert-OH is 1. The molecule has 1 aliphatic rings. The topological polar surface area (TPSA) is 47.9 Å². The van der Waals surface area contributed by atoms with Crippen molar-refractivity contribution in [2.24, 2.45) is 0 Å². The second-order valence-corrected chi connectivity index (χ2v) is 2.65. The summed E-state index contributed by atoms with van der Waals surface area (Å²) in [6.45, 7) is 2.34. The van der Waals surface area contributed by atoms with E-state index in [4.69, 9.17) is 19.3 Å². The van der Waals surface area contributed by atoms with Crippen LogP contribution in [0.15, 0.2) is 0 Å². The molecule has 0 radical (unpaired) electrons. The molecule has 4 heteroatoms. The highest BCUT2D eigenvalue weighted by atomic mass is 16.7. The van der Waals surface area contributed by atoms with Gasteiger partial charge < -0.3 is 19.3 Å². The van der Waals surface area contributed by atoms with Crippen molar-refractivity contribution < 1.29 is 19.3 Å². The van der Waals surface area contributed by atoms with Gasteiger partial charge in [0.15, 0.2) is 6.29 Å². The van der Waals surface area contributed by atoms with E-state index in [0.717, 1.165) is 19.4 Å². The zero-order valence-corrected chi connectivity index (χ0v) is 7.20. The summed E-state index contributed by atoms with van der Waals surface area (Å²) in [6.07, 6.45) is 2.05. The number of hydrogen-bond donors (Lipinski definition) is 1. The summed E-state index contributed by atoms with van der Waals surface area (Å²) in [5.74, 6) is 0. The molecule has 1 saturated heterocycles. The van der Waals surface area contributed by atoms with E-state index >= 15 is 0 Å². The molecule has 1 N–H and O–H groups in total. The van der Waals surface area contributed by atoms with E-state index in [9.17, 15) is 0 Å². The number of ether oxygens (including phenoxy) is 3. The van der Waals surface area contributed by atoms with Crippen molar-refractivity contribution in [3.63, 3.8) is 0 Å². The lowest BCUT2D eigenvalue weighted by Crippen LogP contribution is -2.15. The highest BCUT2D eigenvalue weighted by Crippen LogP contribution is 2.12. The molecule has 72 valence electrons. The minimum absolute atomic E-state index is 0.0253. The van der Waals surface area contributed by atoms with Crippen LogP contribution in [0.5, 0.6) is 0 Å². The van der Waals surface area contributed by atoms with Gasteiger partial charge in [0, 0.05) is 13.0 Å². The van der Waals surface area contributed by atoms with Crippen molar-refractivity contribution in [1.29, 1.82) is 0 Å². The highest BCUT2D eigenvalue weighted by Gasteiger charge is 2.14. The Morgan fingerprint density at radius 3 is 2.92 bits per heavy atom. The fourth-order valence-corrected chi connectivity index (χ4v) is 1.08. The predicted octanol–water partition coefficient (Wildman–Crippen LogP) is 0.148. The van der Waals surface area contributed by atoms with Crippen LogP contribution in [-0.4, -0.2) is 44.4 Å². The fraction of sp³-hybridized carbons (Fsp3) is 1.00. The fourth-order valence-electron chi connectivity index (χ4n) is 1.08. The first-order valence-corrected chi connectivity index (χ1v) is 4.35. The lowest BCUT2D eigenvalue weighted by atomic mass is 10.4. The van der Waals surface area contributed by atoms with Gasteiger partial charge in [-0.15, -0.1) is 0 Å². The Bertz CT molecular complexity index is 101. The Labute approximate surface area is 72.4 Å². The smallest absolute Gasteiger partial charge is 0.157 e. The maximum atomic E-state index is 8.39. The summed E-state index contributed by atoms with van der Waals surface area (Å²) in [5.41, 5.74) is 0. The van der Waals surface area contributed by atoms with E-state index < -0.39 is 0 Å². The molecule has 1 rings (SSSR count). The molecule has 1 aliphatic heterocycles. The van der Waals surface area contributed by atoms with E-state index in [1.165, 1.54) is 0 Å². The first kappa shape index (κ1) is 9.92. The van der Waals surface area contributed by atoms with Crippen LogP contribution in [0.1, 0.15) is 12.8 Å². The lowest BCUT2D eigenvalue weighted by Gasteiger charge is -2.10. The lowest BCUT2D eigenvalue weighted by molar-refractivity contribution is -0.122. The van der Waals surface area contributed by atoms with Gasteiger partial charge in [0.2, 0.25) is 0 Å². The van der Waals surface area contributed by atoms with Gasteiger partial charge in [0.1, 0.15) is 0 Å². The van der Waals surface area contributed by atoms with Crippen LogP contribution in [0.3, 0.4) is 0 Å². The molecular weight excluding hydrogens is 160 g/mol. The van der Waals surface area contributed by atoms with Gasteiger partial charge in [-0.3, -0.25) is 0 Å². The largest absolute Gasteiger partial charge is 0.394 e. The van der Waals surface area contributed by atoms with Gasteiger partial charge in [-0.25, -0.2) is 0 Å². The third-order valence-electron chi connectivity index (χ3n) is 1.65. The summed E-state index contributed by atoms with van der Waals surface area (Å²) in [4.78, 5) is 0. The van der Waals surface area contributed by atoms with Crippen molar-refractivity contribution in [3.8, 4) is 0 Å². The molecule has 1 atom stereocenters. The molecule has 0 aromatic carbocycles. The number of hydrogen-bond acceptors (Lipinski definition) is 4. The molecule has 1 fully saturated rings. The second-order valence-electron chi connectivity index (χ2n) is 2.65. The number of aliphatic hydroxyl groups is 1. The number of rotatable bonds is 6. The molecule has 0 bridgehead atoms. The Morgan fingerprint density at radius 2 is 2.25 bits per heavy atom. The SMILES string of the molecule is OCCOCCOC1CCCO1. The molecule has 0 amide bonds. The van der Waals surface area contributed by atoms with Gasteiger partial charge in [0.05, 0.1) is 26.4 Å². The summed E-state index contributed by atoms with van der Waals surface area (Å²) in [5, 5.41) is 8.39. The third-order valence-corrected chi connectivity index (χ3v) is 1.65. The third kappa shape index (κ3) is 4.01. The summed E-state index contributed by atoms with van der Waals surface area (Å²) < 4.78 is 15.6. The van der Waals surface area contributed by atoms with E-state index in [2.05, 4.69) is 0 Å². The van der Waals surface area contributed by atoms with Crippen molar-refractivity contribution in [2.75, 3.05) is 33.0 Å². The Hall–Kier alpha value is -0.160. The quantitative estimate of drug-likeness (QED) is 0.585. The summed E-state index contributed by atoms with van der Waals surface area (Å²) in [6, 6.07) is 0. The molecule has 1 unspecified atom stereocenters. The summed E-state index contributed by atoms with van der Waals surface area (Å²) >= 11 is 0.